The highest BCUT2D eigenvalue weighted by Gasteiger charge is 2.24. The molecule has 0 saturated carbocycles. The molecule has 1 aliphatic rings. The Morgan fingerprint density at radius 1 is 1.00 bits per heavy atom. The molecule has 1 N–H and O–H groups in total. The average molecular weight is 415 g/mol. The SMILES string of the molecule is O=C1NC(=Nc2ccccc2Cl)S/C1=C/c1ccc(-c2ccc(Cl)cc2)o1. The highest BCUT2D eigenvalue weighted by molar-refractivity contribution is 8.18. The van der Waals surface area contributed by atoms with E-state index in [1.807, 2.05) is 36.4 Å². The zero-order chi connectivity index (χ0) is 18.8. The third-order valence-corrected chi connectivity index (χ3v) is 5.24. The van der Waals surface area contributed by atoms with Crippen molar-refractivity contribution in [3.05, 3.63) is 81.4 Å². The van der Waals surface area contributed by atoms with E-state index < -0.39 is 0 Å². The monoisotopic (exact) mass is 414 g/mol. The van der Waals surface area contributed by atoms with Crippen LogP contribution in [0, 0.1) is 0 Å². The fourth-order valence-corrected chi connectivity index (χ4v) is 3.58. The number of amidine groups is 1. The van der Waals surface area contributed by atoms with E-state index >= 15 is 0 Å². The molecule has 1 amide bonds. The summed E-state index contributed by atoms with van der Waals surface area (Å²) in [7, 11) is 0. The van der Waals surface area contributed by atoms with Gasteiger partial charge in [0.15, 0.2) is 5.17 Å². The second kappa shape index (κ2) is 7.64. The number of halogens is 2. The number of para-hydroxylation sites is 1. The summed E-state index contributed by atoms with van der Waals surface area (Å²) in [5, 5.41) is 4.40. The molecule has 3 aromatic rings. The third-order valence-electron chi connectivity index (χ3n) is 3.75. The maximum Gasteiger partial charge on any atom is 0.264 e. The molecule has 4 rings (SSSR count). The molecule has 2 aromatic carbocycles. The van der Waals surface area contributed by atoms with Gasteiger partial charge in [0, 0.05) is 16.7 Å². The van der Waals surface area contributed by atoms with Crippen molar-refractivity contribution in [1.29, 1.82) is 0 Å². The number of hydrogen-bond acceptors (Lipinski definition) is 4. The first-order chi connectivity index (χ1) is 13.1. The van der Waals surface area contributed by atoms with Crippen LogP contribution in [-0.4, -0.2) is 11.1 Å². The molecule has 0 radical (unpaired) electrons. The van der Waals surface area contributed by atoms with Crippen LogP contribution in [-0.2, 0) is 4.79 Å². The quantitative estimate of drug-likeness (QED) is 0.523. The number of hydrogen-bond donors (Lipinski definition) is 1. The molecule has 4 nitrogen and oxygen atoms in total. The molecule has 0 aliphatic carbocycles. The molecule has 0 spiro atoms. The van der Waals surface area contributed by atoms with Crippen LogP contribution in [0.1, 0.15) is 5.76 Å². The lowest BCUT2D eigenvalue weighted by atomic mass is 10.2. The van der Waals surface area contributed by atoms with E-state index in [4.69, 9.17) is 27.6 Å². The largest absolute Gasteiger partial charge is 0.457 e. The Bertz CT molecular complexity index is 1070. The van der Waals surface area contributed by atoms with Gasteiger partial charge in [-0.1, -0.05) is 35.3 Å². The van der Waals surface area contributed by atoms with E-state index in [0.29, 0.717) is 37.3 Å². The van der Waals surface area contributed by atoms with Gasteiger partial charge in [0.25, 0.3) is 5.91 Å². The van der Waals surface area contributed by atoms with Crippen molar-refractivity contribution >= 4 is 57.8 Å². The zero-order valence-corrected chi connectivity index (χ0v) is 16.1. The van der Waals surface area contributed by atoms with Crippen LogP contribution in [0.25, 0.3) is 17.4 Å². The lowest BCUT2D eigenvalue weighted by Crippen LogP contribution is -2.19. The number of furan rings is 1. The second-order valence-electron chi connectivity index (χ2n) is 5.64. The van der Waals surface area contributed by atoms with E-state index in [0.717, 1.165) is 5.56 Å². The molecule has 1 saturated heterocycles. The van der Waals surface area contributed by atoms with Crippen LogP contribution >= 0.6 is 35.0 Å². The highest BCUT2D eigenvalue weighted by Crippen LogP contribution is 2.32. The summed E-state index contributed by atoms with van der Waals surface area (Å²) < 4.78 is 5.82. The highest BCUT2D eigenvalue weighted by atomic mass is 35.5. The maximum absolute atomic E-state index is 12.2. The van der Waals surface area contributed by atoms with Crippen molar-refractivity contribution in [2.75, 3.05) is 0 Å². The molecule has 27 heavy (non-hydrogen) atoms. The standard InChI is InChI=1S/C20H12Cl2N2O2S/c21-13-7-5-12(6-8-13)17-10-9-14(26-17)11-18-19(25)24-20(27-18)23-16-4-2-1-3-15(16)22/h1-11H,(H,23,24,25)/b18-11+. The minimum absolute atomic E-state index is 0.227. The number of rotatable bonds is 3. The van der Waals surface area contributed by atoms with Gasteiger partial charge in [-0.3, -0.25) is 4.79 Å². The minimum atomic E-state index is -0.227. The second-order valence-corrected chi connectivity index (χ2v) is 7.52. The third kappa shape index (κ3) is 4.11. The Morgan fingerprint density at radius 2 is 1.78 bits per heavy atom. The Hall–Kier alpha value is -2.47. The number of carbonyl (C=O) groups is 1. The topological polar surface area (TPSA) is 54.6 Å². The molecule has 1 fully saturated rings. The number of amides is 1. The van der Waals surface area contributed by atoms with Crippen molar-refractivity contribution in [2.45, 2.75) is 0 Å². The number of thioether (sulfide) groups is 1. The lowest BCUT2D eigenvalue weighted by molar-refractivity contribution is -0.115. The number of benzene rings is 2. The van der Waals surface area contributed by atoms with Crippen molar-refractivity contribution in [1.82, 2.24) is 5.32 Å². The number of aliphatic imine (C=N–C) groups is 1. The van der Waals surface area contributed by atoms with E-state index in [2.05, 4.69) is 10.3 Å². The van der Waals surface area contributed by atoms with Gasteiger partial charge in [-0.15, -0.1) is 0 Å². The fourth-order valence-electron chi connectivity index (χ4n) is 2.46. The zero-order valence-electron chi connectivity index (χ0n) is 13.8. The number of carbonyl (C=O) groups excluding carboxylic acids is 1. The summed E-state index contributed by atoms with van der Waals surface area (Å²) in [4.78, 5) is 17.1. The Labute approximate surface area is 169 Å². The molecular formula is C20H12Cl2N2O2S. The van der Waals surface area contributed by atoms with Crippen molar-refractivity contribution < 1.29 is 9.21 Å². The molecular weight excluding hydrogens is 403 g/mol. The van der Waals surface area contributed by atoms with Gasteiger partial charge in [-0.25, -0.2) is 4.99 Å². The van der Waals surface area contributed by atoms with Crippen molar-refractivity contribution in [3.63, 3.8) is 0 Å². The van der Waals surface area contributed by atoms with E-state index in [1.54, 1.807) is 30.3 Å². The van der Waals surface area contributed by atoms with E-state index in [9.17, 15) is 4.79 Å². The molecule has 0 bridgehead atoms. The molecule has 7 heteroatoms. The van der Waals surface area contributed by atoms with Gasteiger partial charge < -0.3 is 9.73 Å². The van der Waals surface area contributed by atoms with Gasteiger partial charge in [-0.2, -0.15) is 0 Å². The first-order valence-electron chi connectivity index (χ1n) is 7.98. The van der Waals surface area contributed by atoms with E-state index in [-0.39, 0.29) is 5.91 Å². The Kier molecular flexibility index (Phi) is 5.07. The molecule has 0 unspecified atom stereocenters. The lowest BCUT2D eigenvalue weighted by Gasteiger charge is -1.98. The molecule has 0 atom stereocenters. The summed E-state index contributed by atoms with van der Waals surface area (Å²) in [5.41, 5.74) is 1.51. The van der Waals surface area contributed by atoms with Gasteiger partial charge >= 0.3 is 0 Å². The van der Waals surface area contributed by atoms with Crippen molar-refractivity contribution in [3.8, 4) is 11.3 Å². The normalized spacial score (nSPS) is 16.9. The fraction of sp³-hybridized carbons (Fsp3) is 0. The van der Waals surface area contributed by atoms with Crippen LogP contribution in [0.5, 0.6) is 0 Å². The Balaban J connectivity index is 1.55. The van der Waals surface area contributed by atoms with Gasteiger partial charge in [0.1, 0.15) is 11.5 Å². The summed E-state index contributed by atoms with van der Waals surface area (Å²) in [6, 6.07) is 18.2. The van der Waals surface area contributed by atoms with E-state index in [1.165, 1.54) is 11.8 Å². The van der Waals surface area contributed by atoms with Gasteiger partial charge in [-0.05, 0) is 60.3 Å². The van der Waals surface area contributed by atoms with Gasteiger partial charge in [0.2, 0.25) is 0 Å². The van der Waals surface area contributed by atoms with Crippen LogP contribution in [0.3, 0.4) is 0 Å². The predicted molar refractivity (Wildman–Crippen MR) is 111 cm³/mol. The number of nitrogens with zero attached hydrogens (tertiary/aromatic N) is 1. The maximum atomic E-state index is 12.2. The van der Waals surface area contributed by atoms with Crippen LogP contribution in [0.15, 0.2) is 75.0 Å². The van der Waals surface area contributed by atoms with Crippen LogP contribution in [0.2, 0.25) is 10.0 Å². The number of nitrogens with one attached hydrogen (secondary N) is 1. The molecule has 134 valence electrons. The average Bonchev–Trinajstić information content (AvgIpc) is 3.25. The first kappa shape index (κ1) is 17.9. The van der Waals surface area contributed by atoms with Crippen molar-refractivity contribution in [2.24, 2.45) is 4.99 Å². The van der Waals surface area contributed by atoms with Crippen LogP contribution < -0.4 is 5.32 Å². The predicted octanol–water partition coefficient (Wildman–Crippen LogP) is 6.15. The Morgan fingerprint density at radius 3 is 2.56 bits per heavy atom. The van der Waals surface area contributed by atoms with Gasteiger partial charge in [0.05, 0.1) is 15.6 Å². The summed E-state index contributed by atoms with van der Waals surface area (Å²) in [5.74, 6) is 1.05. The summed E-state index contributed by atoms with van der Waals surface area (Å²) in [6.45, 7) is 0. The summed E-state index contributed by atoms with van der Waals surface area (Å²) >= 11 is 13.3. The summed E-state index contributed by atoms with van der Waals surface area (Å²) in [6.07, 6.45) is 1.69. The molecule has 1 aromatic heterocycles. The molecule has 2 heterocycles. The van der Waals surface area contributed by atoms with Crippen LogP contribution in [0.4, 0.5) is 5.69 Å². The minimum Gasteiger partial charge on any atom is -0.457 e. The molecule has 1 aliphatic heterocycles. The first-order valence-corrected chi connectivity index (χ1v) is 9.55. The smallest absolute Gasteiger partial charge is 0.264 e.